The van der Waals surface area contributed by atoms with E-state index in [0.29, 0.717) is 5.56 Å². The smallest absolute Gasteiger partial charge is 0.208 e. The Hall–Kier alpha value is -2.56. The van der Waals surface area contributed by atoms with Crippen LogP contribution in [-0.4, -0.2) is 15.0 Å². The highest BCUT2D eigenvalue weighted by Crippen LogP contribution is 2.31. The maximum absolute atomic E-state index is 12.8. The molecule has 2 aromatic carbocycles. The minimum absolute atomic E-state index is 0.200. The molecule has 0 radical (unpaired) electrons. The summed E-state index contributed by atoms with van der Waals surface area (Å²) in [6.45, 7) is -0.298. The topological polar surface area (TPSA) is 46.2 Å². The zero-order valence-electron chi connectivity index (χ0n) is 12.9. The highest BCUT2D eigenvalue weighted by molar-refractivity contribution is 7.92. The number of halogens is 3. The van der Waals surface area contributed by atoms with Crippen LogP contribution in [-0.2, 0) is 16.2 Å². The monoisotopic (exact) mass is 365 g/mol. The molecular weight excluding hydrogens is 351 g/mol. The average Bonchev–Trinajstić information content (AvgIpc) is 2.57. The molecule has 0 aliphatic rings. The van der Waals surface area contributed by atoms with Crippen molar-refractivity contribution in [2.75, 3.05) is 6.54 Å². The van der Waals surface area contributed by atoms with Crippen molar-refractivity contribution in [3.63, 3.8) is 0 Å². The quantitative estimate of drug-likeness (QED) is 0.841. The fourth-order valence-corrected chi connectivity index (χ4v) is 2.60. The van der Waals surface area contributed by atoms with Crippen molar-refractivity contribution in [2.24, 2.45) is 0 Å². The van der Waals surface area contributed by atoms with Gasteiger partial charge in [-0.15, -0.1) is 0 Å². The molecule has 0 aromatic heterocycles. The predicted molar refractivity (Wildman–Crippen MR) is 90.7 cm³/mol. The Morgan fingerprint density at radius 3 is 2.32 bits per heavy atom. The molecule has 1 N–H and O–H groups in total. The molecule has 0 unspecified atom stereocenters. The van der Waals surface area contributed by atoms with Crippen LogP contribution in [0.1, 0.15) is 16.7 Å². The van der Waals surface area contributed by atoms with Crippen LogP contribution < -0.4 is 4.72 Å². The van der Waals surface area contributed by atoms with Gasteiger partial charge in [-0.3, -0.25) is 0 Å². The molecule has 0 saturated heterocycles. The van der Waals surface area contributed by atoms with Crippen LogP contribution in [0.3, 0.4) is 0 Å². The van der Waals surface area contributed by atoms with Gasteiger partial charge in [0.15, 0.2) is 0 Å². The van der Waals surface area contributed by atoms with E-state index in [0.717, 1.165) is 11.5 Å². The number of hydrogen-bond donors (Lipinski definition) is 1. The SMILES string of the molecule is O=S(=O)(/C=C/c1ccccc1)NCC#Cc1ccccc1C(F)(F)F. The fourth-order valence-electron chi connectivity index (χ4n) is 1.90. The van der Waals surface area contributed by atoms with Crippen LogP contribution in [0.2, 0.25) is 0 Å². The molecule has 0 fully saturated rings. The van der Waals surface area contributed by atoms with Crippen molar-refractivity contribution in [3.8, 4) is 11.8 Å². The van der Waals surface area contributed by atoms with Gasteiger partial charge in [-0.05, 0) is 23.8 Å². The zero-order valence-corrected chi connectivity index (χ0v) is 13.7. The summed E-state index contributed by atoms with van der Waals surface area (Å²) in [4.78, 5) is 0. The molecule has 0 heterocycles. The predicted octanol–water partition coefficient (Wildman–Crippen LogP) is 3.65. The van der Waals surface area contributed by atoms with Gasteiger partial charge >= 0.3 is 6.18 Å². The van der Waals surface area contributed by atoms with Crippen molar-refractivity contribution >= 4 is 16.1 Å². The van der Waals surface area contributed by atoms with E-state index in [-0.39, 0.29) is 12.1 Å². The van der Waals surface area contributed by atoms with Crippen LogP contribution >= 0.6 is 0 Å². The maximum Gasteiger partial charge on any atom is 0.417 e. The van der Waals surface area contributed by atoms with Crippen molar-refractivity contribution in [1.82, 2.24) is 4.72 Å². The molecule has 0 bridgehead atoms. The first kappa shape index (κ1) is 18.8. The summed E-state index contributed by atoms with van der Waals surface area (Å²) in [5, 5.41) is 0.980. The lowest BCUT2D eigenvalue weighted by atomic mass is 10.1. The van der Waals surface area contributed by atoms with Gasteiger partial charge in [0.05, 0.1) is 12.1 Å². The molecule has 130 valence electrons. The molecule has 0 atom stereocenters. The number of nitrogens with one attached hydrogen (secondary N) is 1. The fraction of sp³-hybridized carbons (Fsp3) is 0.111. The van der Waals surface area contributed by atoms with Gasteiger partial charge in [-0.2, -0.15) is 17.9 Å². The van der Waals surface area contributed by atoms with E-state index in [1.165, 1.54) is 24.3 Å². The summed E-state index contributed by atoms with van der Waals surface area (Å²) in [6.07, 6.45) is -3.10. The highest BCUT2D eigenvalue weighted by Gasteiger charge is 2.32. The van der Waals surface area contributed by atoms with E-state index in [2.05, 4.69) is 16.6 Å². The van der Waals surface area contributed by atoms with Gasteiger partial charge in [-0.1, -0.05) is 54.3 Å². The first-order valence-corrected chi connectivity index (χ1v) is 8.70. The Morgan fingerprint density at radius 2 is 1.64 bits per heavy atom. The lowest BCUT2D eigenvalue weighted by Crippen LogP contribution is -2.21. The lowest BCUT2D eigenvalue weighted by Gasteiger charge is -2.08. The number of sulfonamides is 1. The van der Waals surface area contributed by atoms with Crippen LogP contribution in [0.4, 0.5) is 13.2 Å². The van der Waals surface area contributed by atoms with E-state index in [1.807, 2.05) is 0 Å². The zero-order chi connectivity index (χ0) is 18.3. The van der Waals surface area contributed by atoms with E-state index < -0.39 is 21.8 Å². The second kappa shape index (κ2) is 8.01. The Morgan fingerprint density at radius 1 is 1.00 bits per heavy atom. The van der Waals surface area contributed by atoms with Crippen molar-refractivity contribution in [1.29, 1.82) is 0 Å². The number of hydrogen-bond acceptors (Lipinski definition) is 2. The lowest BCUT2D eigenvalue weighted by molar-refractivity contribution is -0.137. The molecule has 2 rings (SSSR count). The van der Waals surface area contributed by atoms with E-state index >= 15 is 0 Å². The van der Waals surface area contributed by atoms with Gasteiger partial charge in [-0.25, -0.2) is 8.42 Å². The van der Waals surface area contributed by atoms with E-state index in [9.17, 15) is 21.6 Å². The molecule has 0 aliphatic carbocycles. The van der Waals surface area contributed by atoms with Crippen LogP contribution in [0.25, 0.3) is 6.08 Å². The molecule has 3 nitrogen and oxygen atoms in total. The van der Waals surface area contributed by atoms with Crippen LogP contribution in [0.15, 0.2) is 60.0 Å². The third-order valence-corrected chi connectivity index (χ3v) is 4.10. The van der Waals surface area contributed by atoms with Gasteiger partial charge < -0.3 is 0 Å². The maximum atomic E-state index is 12.8. The number of alkyl halides is 3. The first-order chi connectivity index (χ1) is 11.8. The Balaban J connectivity index is 2.02. The van der Waals surface area contributed by atoms with E-state index in [4.69, 9.17) is 0 Å². The number of rotatable bonds is 4. The Kier molecular flexibility index (Phi) is 6.02. The van der Waals surface area contributed by atoms with Gasteiger partial charge in [0.25, 0.3) is 0 Å². The summed E-state index contributed by atoms with van der Waals surface area (Å²) >= 11 is 0. The first-order valence-electron chi connectivity index (χ1n) is 7.16. The van der Waals surface area contributed by atoms with Gasteiger partial charge in [0, 0.05) is 11.0 Å². The molecule has 7 heteroatoms. The summed E-state index contributed by atoms with van der Waals surface area (Å²) in [5.41, 5.74) is -0.346. The molecule has 25 heavy (non-hydrogen) atoms. The molecule has 0 saturated carbocycles. The van der Waals surface area contributed by atoms with Gasteiger partial charge in [0.1, 0.15) is 0 Å². The summed E-state index contributed by atoms with van der Waals surface area (Å²) in [7, 11) is -3.73. The Labute approximate surface area is 144 Å². The third-order valence-electron chi connectivity index (χ3n) is 3.06. The Bertz CT molecular complexity index is 909. The number of benzene rings is 2. The standard InChI is InChI=1S/C18H14F3NO2S/c19-18(20,21)17-11-5-4-9-16(17)10-6-13-22-25(23,24)14-12-15-7-2-1-3-8-15/h1-5,7-9,11-12,14,22H,13H2/b14-12+. The minimum Gasteiger partial charge on any atom is -0.208 e. The second-order valence-corrected chi connectivity index (χ2v) is 6.58. The second-order valence-electron chi connectivity index (χ2n) is 4.92. The minimum atomic E-state index is -4.51. The highest BCUT2D eigenvalue weighted by atomic mass is 32.2. The summed E-state index contributed by atoms with van der Waals surface area (Å²) < 4.78 is 64.2. The van der Waals surface area contributed by atoms with Crippen molar-refractivity contribution in [2.45, 2.75) is 6.18 Å². The molecule has 0 amide bonds. The van der Waals surface area contributed by atoms with E-state index in [1.54, 1.807) is 30.3 Å². The molecule has 2 aromatic rings. The van der Waals surface area contributed by atoms with Crippen LogP contribution in [0, 0.1) is 11.8 Å². The third kappa shape index (κ3) is 6.10. The van der Waals surface area contributed by atoms with Crippen molar-refractivity contribution in [3.05, 3.63) is 76.7 Å². The van der Waals surface area contributed by atoms with Gasteiger partial charge in [0.2, 0.25) is 10.0 Å². The summed E-state index contributed by atoms with van der Waals surface area (Å²) in [5.74, 6) is 4.74. The molecule has 0 aliphatic heterocycles. The average molecular weight is 365 g/mol. The molecule has 0 spiro atoms. The molecular formula is C18H14F3NO2S. The van der Waals surface area contributed by atoms with Crippen LogP contribution in [0.5, 0.6) is 0 Å². The summed E-state index contributed by atoms with van der Waals surface area (Å²) in [6, 6.07) is 13.7. The normalized spacial score (nSPS) is 12.0. The largest absolute Gasteiger partial charge is 0.417 e. The van der Waals surface area contributed by atoms with Crippen molar-refractivity contribution < 1.29 is 21.6 Å².